The molecule has 2 aromatic rings. The van der Waals surface area contributed by atoms with Crippen molar-refractivity contribution in [1.29, 1.82) is 0 Å². The van der Waals surface area contributed by atoms with Crippen LogP contribution in [0.15, 0.2) is 66.8 Å². The van der Waals surface area contributed by atoms with Crippen molar-refractivity contribution >= 4 is 34.9 Å². The van der Waals surface area contributed by atoms with E-state index in [9.17, 15) is 9.59 Å². The van der Waals surface area contributed by atoms with E-state index in [0.29, 0.717) is 11.1 Å². The molecule has 0 unspecified atom stereocenters. The van der Waals surface area contributed by atoms with Crippen molar-refractivity contribution in [1.82, 2.24) is 0 Å². The minimum absolute atomic E-state index is 0.378. The van der Waals surface area contributed by atoms with E-state index in [1.54, 1.807) is 60.7 Å². The third kappa shape index (κ3) is 5.93. The summed E-state index contributed by atoms with van der Waals surface area (Å²) in [5.41, 5.74) is 10.8. The normalized spacial score (nSPS) is 8.88. The molecule has 6 heteroatoms. The molecule has 2 rings (SSSR count). The monoisotopic (exact) mass is 339 g/mol. The number of hydrogen-bond acceptors (Lipinski definition) is 2. The predicted molar refractivity (Wildman–Crippen MR) is 96.7 cm³/mol. The molecule has 5 nitrogen and oxygen atoms in total. The van der Waals surface area contributed by atoms with E-state index >= 15 is 0 Å². The van der Waals surface area contributed by atoms with Crippen LogP contribution in [0, 0.1) is 0 Å². The molecule has 120 valence electrons. The molecule has 0 aliphatic heterocycles. The number of carbonyl (C=O) groups is 2. The van der Waals surface area contributed by atoms with Crippen LogP contribution in [0.2, 0.25) is 0 Å². The highest BCUT2D eigenvalue weighted by Crippen LogP contribution is 2.07. The van der Waals surface area contributed by atoms with Crippen molar-refractivity contribution in [2.75, 3.05) is 0 Å². The van der Waals surface area contributed by atoms with Gasteiger partial charge in [-0.1, -0.05) is 61.7 Å². The van der Waals surface area contributed by atoms with Gasteiger partial charge in [-0.25, -0.2) is 0 Å². The zero-order valence-corrected chi connectivity index (χ0v) is 13.5. The van der Waals surface area contributed by atoms with Crippen molar-refractivity contribution in [2.24, 2.45) is 5.11 Å². The summed E-state index contributed by atoms with van der Waals surface area (Å²) in [5.74, 6) is -0.571. The van der Waals surface area contributed by atoms with Crippen LogP contribution in [0.3, 0.4) is 0 Å². The molecule has 0 atom stereocenters. The van der Waals surface area contributed by atoms with Gasteiger partial charge < -0.3 is 0 Å². The number of azide groups is 1. The lowest BCUT2D eigenvalue weighted by molar-refractivity contribution is 0.0999. The molecular weight excluding hydrogens is 326 g/mol. The van der Waals surface area contributed by atoms with Gasteiger partial charge in [0.15, 0.2) is 0 Å². The molecular formula is C18H14ClN3O2. The second-order valence-electron chi connectivity index (χ2n) is 4.42. The predicted octanol–water partition coefficient (Wildman–Crippen LogP) is 5.49. The zero-order chi connectivity index (χ0) is 17.9. The van der Waals surface area contributed by atoms with Crippen LogP contribution in [-0.2, 0) is 0 Å². The molecule has 0 fully saturated rings. The lowest BCUT2D eigenvalue weighted by atomic mass is 10.1. The Balaban J connectivity index is 0.000000243. The highest BCUT2D eigenvalue weighted by Gasteiger charge is 2.00. The van der Waals surface area contributed by atoms with E-state index in [0.717, 1.165) is 11.1 Å². The van der Waals surface area contributed by atoms with Crippen LogP contribution < -0.4 is 0 Å². The Hall–Kier alpha value is -3.14. The molecule has 24 heavy (non-hydrogen) atoms. The zero-order valence-electron chi connectivity index (χ0n) is 12.7. The minimum Gasteiger partial charge on any atom is -0.287 e. The molecule has 0 aliphatic rings. The van der Waals surface area contributed by atoms with Crippen LogP contribution in [0.25, 0.3) is 22.6 Å². The lowest BCUT2D eigenvalue weighted by Gasteiger charge is -1.94. The Morgan fingerprint density at radius 3 is 1.67 bits per heavy atom. The summed E-state index contributed by atoms with van der Waals surface area (Å²) >= 11 is 5.23. The Bertz CT molecular complexity index is 790. The van der Waals surface area contributed by atoms with Crippen LogP contribution in [0.4, 0.5) is 0 Å². The van der Waals surface area contributed by atoms with Crippen molar-refractivity contribution < 1.29 is 9.59 Å². The van der Waals surface area contributed by atoms with E-state index in [2.05, 4.69) is 23.2 Å². The maximum atomic E-state index is 11.0. The molecule has 0 radical (unpaired) electrons. The number of halogens is 1. The number of benzene rings is 2. The van der Waals surface area contributed by atoms with Crippen LogP contribution in [0.5, 0.6) is 0 Å². The Kier molecular flexibility index (Phi) is 7.71. The fourth-order valence-corrected chi connectivity index (χ4v) is 1.74. The fraction of sp³-hybridized carbons (Fsp3) is 0. The first kappa shape index (κ1) is 18.9. The fourth-order valence-electron chi connectivity index (χ4n) is 1.61. The SMILES string of the molecule is C=Cc1ccc(C(=O)Cl)cc1.C=Cc1ccc(C(=O)N=[N+]=[N-])cc1. The number of carbonyl (C=O) groups excluding carboxylic acids is 2. The van der Waals surface area contributed by atoms with Crippen LogP contribution in [-0.4, -0.2) is 11.1 Å². The summed E-state index contributed by atoms with van der Waals surface area (Å²) in [6, 6.07) is 13.6. The Labute approximate surface area is 144 Å². The largest absolute Gasteiger partial charge is 0.287 e. The minimum atomic E-state index is -0.571. The van der Waals surface area contributed by atoms with E-state index in [4.69, 9.17) is 17.1 Å². The van der Waals surface area contributed by atoms with Crippen LogP contribution in [0.1, 0.15) is 31.8 Å². The number of nitrogens with zero attached hydrogens (tertiary/aromatic N) is 3. The van der Waals surface area contributed by atoms with Crippen molar-refractivity contribution in [3.05, 3.63) is 94.4 Å². The standard InChI is InChI=1S/C9H7ClO.C9H7N3O/c1-2-7-3-5-8(6-4-7)9(10)11;1-2-7-3-5-8(6-4-7)9(13)11-12-10/h2-6H,1H2;2-6H,1H2. The van der Waals surface area contributed by atoms with E-state index < -0.39 is 11.1 Å². The summed E-state index contributed by atoms with van der Waals surface area (Å²) in [7, 11) is 0. The number of hydrogen-bond donors (Lipinski definition) is 0. The summed E-state index contributed by atoms with van der Waals surface area (Å²) in [6.07, 6.45) is 3.38. The van der Waals surface area contributed by atoms with Gasteiger partial charge in [0.25, 0.3) is 5.24 Å². The van der Waals surface area contributed by atoms with Gasteiger partial charge in [-0.15, -0.1) is 0 Å². The Morgan fingerprint density at radius 1 is 0.917 bits per heavy atom. The van der Waals surface area contributed by atoms with Gasteiger partial charge in [-0.3, -0.25) is 9.59 Å². The second-order valence-corrected chi connectivity index (χ2v) is 4.76. The van der Waals surface area contributed by atoms with Crippen molar-refractivity contribution in [3.63, 3.8) is 0 Å². The van der Waals surface area contributed by atoms with Gasteiger partial charge in [-0.2, -0.15) is 0 Å². The highest BCUT2D eigenvalue weighted by molar-refractivity contribution is 6.67. The smallest absolute Gasteiger partial charge is 0.252 e. The van der Waals surface area contributed by atoms with Gasteiger partial charge in [-0.05, 0) is 45.5 Å². The van der Waals surface area contributed by atoms with Gasteiger partial charge in [0, 0.05) is 16.0 Å². The molecule has 0 aromatic heterocycles. The lowest BCUT2D eigenvalue weighted by Crippen LogP contribution is -1.92. The number of amides is 1. The first-order valence-electron chi connectivity index (χ1n) is 6.76. The van der Waals surface area contributed by atoms with Gasteiger partial charge >= 0.3 is 0 Å². The summed E-state index contributed by atoms with van der Waals surface area (Å²) in [4.78, 5) is 24.0. The molecule has 0 spiro atoms. The Morgan fingerprint density at radius 2 is 1.33 bits per heavy atom. The molecule has 0 aliphatic carbocycles. The third-order valence-electron chi connectivity index (χ3n) is 2.90. The molecule has 0 bridgehead atoms. The molecule has 1 amide bonds. The summed E-state index contributed by atoms with van der Waals surface area (Å²) in [6.45, 7) is 7.16. The van der Waals surface area contributed by atoms with Crippen molar-refractivity contribution in [3.8, 4) is 0 Å². The van der Waals surface area contributed by atoms with Crippen molar-refractivity contribution in [2.45, 2.75) is 0 Å². The number of rotatable bonds is 4. The highest BCUT2D eigenvalue weighted by atomic mass is 35.5. The topological polar surface area (TPSA) is 82.9 Å². The molecule has 0 N–H and O–H groups in total. The summed E-state index contributed by atoms with van der Waals surface area (Å²) in [5, 5.41) is 2.54. The molecule has 0 heterocycles. The molecule has 0 saturated heterocycles. The quantitative estimate of drug-likeness (QED) is 0.319. The van der Waals surface area contributed by atoms with E-state index in [1.165, 1.54) is 0 Å². The van der Waals surface area contributed by atoms with E-state index in [1.807, 2.05) is 0 Å². The first-order chi connectivity index (χ1) is 11.5. The maximum Gasteiger partial charge on any atom is 0.252 e. The second kappa shape index (κ2) is 9.79. The molecule has 0 saturated carbocycles. The van der Waals surface area contributed by atoms with Gasteiger partial charge in [0.2, 0.25) is 5.91 Å². The van der Waals surface area contributed by atoms with Gasteiger partial charge in [0.1, 0.15) is 0 Å². The maximum absolute atomic E-state index is 11.0. The average Bonchev–Trinajstić information content (AvgIpc) is 2.62. The third-order valence-corrected chi connectivity index (χ3v) is 3.12. The van der Waals surface area contributed by atoms with Crippen LogP contribution >= 0.6 is 11.6 Å². The molecule has 2 aromatic carbocycles. The first-order valence-corrected chi connectivity index (χ1v) is 7.14. The summed E-state index contributed by atoms with van der Waals surface area (Å²) < 4.78 is 0. The average molecular weight is 340 g/mol. The van der Waals surface area contributed by atoms with Gasteiger partial charge in [0.05, 0.1) is 0 Å². The van der Waals surface area contributed by atoms with E-state index in [-0.39, 0.29) is 0 Å².